The van der Waals surface area contributed by atoms with Gasteiger partial charge in [-0.1, -0.05) is 5.21 Å². The molecule has 0 unspecified atom stereocenters. The fraction of sp³-hybridized carbons (Fsp3) is 0.583. The van der Waals surface area contributed by atoms with Crippen molar-refractivity contribution in [3.8, 4) is 0 Å². The number of hydrogen-bond donors (Lipinski definition) is 0. The fourth-order valence-electron chi connectivity index (χ4n) is 2.12. The number of ether oxygens (including phenoxy) is 2. The van der Waals surface area contributed by atoms with E-state index in [0.717, 1.165) is 0 Å². The molecule has 114 valence electrons. The highest BCUT2D eigenvalue weighted by Crippen LogP contribution is 2.13. The number of imide groups is 1. The van der Waals surface area contributed by atoms with Crippen LogP contribution in [-0.4, -0.2) is 58.4 Å². The number of rotatable bonds is 5. The number of nitrogens with zero attached hydrogens (tertiary/aromatic N) is 4. The number of carbonyl (C=O) groups is 3. The molecule has 1 aromatic heterocycles. The van der Waals surface area contributed by atoms with E-state index in [9.17, 15) is 14.4 Å². The summed E-state index contributed by atoms with van der Waals surface area (Å²) in [7, 11) is 2.68. The quantitative estimate of drug-likeness (QED) is 0.666. The molecule has 1 aliphatic rings. The third-order valence-electron chi connectivity index (χ3n) is 3.16. The summed E-state index contributed by atoms with van der Waals surface area (Å²) in [6, 6.07) is 0. The highest BCUT2D eigenvalue weighted by atomic mass is 16.5. The zero-order valence-corrected chi connectivity index (χ0v) is 11.9. The van der Waals surface area contributed by atoms with Crippen molar-refractivity contribution in [2.24, 2.45) is 0 Å². The third kappa shape index (κ3) is 3.07. The summed E-state index contributed by atoms with van der Waals surface area (Å²) >= 11 is 0. The first-order valence-corrected chi connectivity index (χ1v) is 6.41. The lowest BCUT2D eigenvalue weighted by Crippen LogP contribution is -2.35. The van der Waals surface area contributed by atoms with Crippen LogP contribution in [0.5, 0.6) is 0 Å². The van der Waals surface area contributed by atoms with Crippen LogP contribution in [0.2, 0.25) is 0 Å². The number of amides is 2. The average Bonchev–Trinajstić information content (AvgIpc) is 3.06. The molecule has 0 N–H and O–H groups in total. The maximum absolute atomic E-state index is 12.1. The lowest BCUT2D eigenvalue weighted by atomic mass is 10.3. The zero-order valence-electron chi connectivity index (χ0n) is 11.9. The number of aromatic nitrogens is 3. The minimum Gasteiger partial charge on any atom is -0.464 e. The van der Waals surface area contributed by atoms with Crippen LogP contribution in [0.4, 0.5) is 0 Å². The van der Waals surface area contributed by atoms with Crippen LogP contribution in [-0.2, 0) is 32.2 Å². The van der Waals surface area contributed by atoms with Crippen molar-refractivity contribution in [3.63, 3.8) is 0 Å². The Kier molecular flexibility index (Phi) is 4.63. The first kappa shape index (κ1) is 15.1. The molecule has 1 aromatic rings. The Bertz CT molecular complexity index is 568. The molecule has 0 spiro atoms. The molecule has 0 bridgehead atoms. The maximum atomic E-state index is 12.1. The van der Waals surface area contributed by atoms with E-state index in [-0.39, 0.29) is 30.7 Å². The molecule has 1 aliphatic heterocycles. The van der Waals surface area contributed by atoms with Crippen LogP contribution >= 0.6 is 0 Å². The van der Waals surface area contributed by atoms with Crippen LogP contribution < -0.4 is 0 Å². The minimum atomic E-state index is -0.655. The number of likely N-dealkylation sites (tertiary alicyclic amines) is 1. The van der Waals surface area contributed by atoms with Crippen molar-refractivity contribution in [1.82, 2.24) is 19.9 Å². The fourth-order valence-corrected chi connectivity index (χ4v) is 2.12. The highest BCUT2D eigenvalue weighted by Gasteiger charge is 2.28. The number of carbonyl (C=O) groups excluding carboxylic acids is 3. The Morgan fingerprint density at radius 3 is 2.67 bits per heavy atom. The van der Waals surface area contributed by atoms with Gasteiger partial charge in [0.2, 0.25) is 5.91 Å². The summed E-state index contributed by atoms with van der Waals surface area (Å²) in [5.41, 5.74) is 0.337. The SMILES string of the molecule is COCc1c(C(=O)OC)nnn1CC(=O)N1CCCC1=O. The molecule has 9 nitrogen and oxygen atoms in total. The van der Waals surface area contributed by atoms with Gasteiger partial charge in [-0.05, 0) is 6.42 Å². The molecular weight excluding hydrogens is 280 g/mol. The highest BCUT2D eigenvalue weighted by molar-refractivity contribution is 5.96. The second-order valence-corrected chi connectivity index (χ2v) is 4.51. The molecule has 2 rings (SSSR count). The van der Waals surface area contributed by atoms with Crippen molar-refractivity contribution in [3.05, 3.63) is 11.4 Å². The summed E-state index contributed by atoms with van der Waals surface area (Å²) in [6.07, 6.45) is 1.04. The maximum Gasteiger partial charge on any atom is 0.360 e. The summed E-state index contributed by atoms with van der Waals surface area (Å²) < 4.78 is 10.8. The largest absolute Gasteiger partial charge is 0.464 e. The van der Waals surface area contributed by atoms with Crippen molar-refractivity contribution in [2.75, 3.05) is 20.8 Å². The lowest BCUT2D eigenvalue weighted by Gasteiger charge is -2.14. The number of esters is 1. The van der Waals surface area contributed by atoms with Gasteiger partial charge in [-0.2, -0.15) is 0 Å². The van der Waals surface area contributed by atoms with E-state index in [2.05, 4.69) is 15.0 Å². The molecule has 0 aliphatic carbocycles. The predicted molar refractivity (Wildman–Crippen MR) is 68.0 cm³/mol. The molecule has 2 amide bonds. The summed E-state index contributed by atoms with van der Waals surface area (Å²) in [5.74, 6) is -1.23. The lowest BCUT2D eigenvalue weighted by molar-refractivity contribution is -0.142. The van der Waals surface area contributed by atoms with Gasteiger partial charge in [-0.3, -0.25) is 14.5 Å². The Labute approximate surface area is 120 Å². The molecular formula is C12H16N4O5. The summed E-state index contributed by atoms with van der Waals surface area (Å²) in [4.78, 5) is 36.4. The molecule has 2 heterocycles. The summed E-state index contributed by atoms with van der Waals surface area (Å²) in [6.45, 7) is 0.295. The van der Waals surface area contributed by atoms with Gasteiger partial charge in [0.25, 0.3) is 5.91 Å². The van der Waals surface area contributed by atoms with Gasteiger partial charge >= 0.3 is 5.97 Å². The van der Waals surface area contributed by atoms with Crippen LogP contribution in [0, 0.1) is 0 Å². The number of methoxy groups -OCH3 is 2. The van der Waals surface area contributed by atoms with Gasteiger partial charge in [0.05, 0.1) is 19.4 Å². The van der Waals surface area contributed by atoms with E-state index >= 15 is 0 Å². The number of hydrogen-bond acceptors (Lipinski definition) is 7. The first-order chi connectivity index (χ1) is 10.1. The van der Waals surface area contributed by atoms with Gasteiger partial charge in [-0.25, -0.2) is 9.48 Å². The van der Waals surface area contributed by atoms with E-state index in [0.29, 0.717) is 25.1 Å². The molecule has 21 heavy (non-hydrogen) atoms. The van der Waals surface area contributed by atoms with E-state index in [1.807, 2.05) is 0 Å². The molecule has 0 atom stereocenters. The zero-order chi connectivity index (χ0) is 15.4. The molecule has 0 saturated carbocycles. The van der Waals surface area contributed by atoms with Gasteiger partial charge in [0, 0.05) is 20.1 Å². The summed E-state index contributed by atoms with van der Waals surface area (Å²) in [5, 5.41) is 7.47. The molecule has 1 saturated heterocycles. The van der Waals surface area contributed by atoms with Crippen LogP contribution in [0.15, 0.2) is 0 Å². The normalized spacial score (nSPS) is 14.6. The molecule has 1 fully saturated rings. The van der Waals surface area contributed by atoms with E-state index in [1.54, 1.807) is 0 Å². The smallest absolute Gasteiger partial charge is 0.360 e. The Morgan fingerprint density at radius 2 is 2.10 bits per heavy atom. The minimum absolute atomic E-state index is 0.0000940. The molecule has 0 radical (unpaired) electrons. The van der Waals surface area contributed by atoms with E-state index in [1.165, 1.54) is 23.8 Å². The van der Waals surface area contributed by atoms with Gasteiger partial charge in [0.15, 0.2) is 5.69 Å². The Morgan fingerprint density at radius 1 is 1.33 bits per heavy atom. The van der Waals surface area contributed by atoms with E-state index < -0.39 is 5.97 Å². The van der Waals surface area contributed by atoms with Crippen molar-refractivity contribution < 1.29 is 23.9 Å². The van der Waals surface area contributed by atoms with Crippen molar-refractivity contribution in [1.29, 1.82) is 0 Å². The van der Waals surface area contributed by atoms with Crippen LogP contribution in [0.1, 0.15) is 29.0 Å². The van der Waals surface area contributed by atoms with Gasteiger partial charge in [-0.15, -0.1) is 5.10 Å². The molecule has 9 heteroatoms. The van der Waals surface area contributed by atoms with Crippen molar-refractivity contribution >= 4 is 17.8 Å². The second-order valence-electron chi connectivity index (χ2n) is 4.51. The molecule has 0 aromatic carbocycles. The van der Waals surface area contributed by atoms with Crippen molar-refractivity contribution in [2.45, 2.75) is 26.0 Å². The second kappa shape index (κ2) is 6.44. The topological polar surface area (TPSA) is 104 Å². The van der Waals surface area contributed by atoms with E-state index in [4.69, 9.17) is 4.74 Å². The Balaban J connectivity index is 2.19. The predicted octanol–water partition coefficient (Wildman–Crippen LogP) is -0.640. The van der Waals surface area contributed by atoms with Gasteiger partial charge in [0.1, 0.15) is 6.54 Å². The third-order valence-corrected chi connectivity index (χ3v) is 3.16. The monoisotopic (exact) mass is 296 g/mol. The first-order valence-electron chi connectivity index (χ1n) is 6.41. The van der Waals surface area contributed by atoms with Crippen LogP contribution in [0.3, 0.4) is 0 Å². The standard InChI is InChI=1S/C12H16N4O5/c1-20-7-8-11(12(19)21-2)13-14-16(8)6-10(18)15-5-3-4-9(15)17/h3-7H2,1-2H3. The Hall–Kier alpha value is -2.29. The average molecular weight is 296 g/mol. The van der Waals surface area contributed by atoms with Crippen LogP contribution in [0.25, 0.3) is 0 Å². The van der Waals surface area contributed by atoms with Gasteiger partial charge < -0.3 is 9.47 Å².